The van der Waals surface area contributed by atoms with Crippen molar-refractivity contribution in [2.24, 2.45) is 0 Å². The molecule has 0 spiro atoms. The van der Waals surface area contributed by atoms with E-state index in [0.717, 1.165) is 12.1 Å². The van der Waals surface area contributed by atoms with Gasteiger partial charge in [0, 0.05) is 0 Å². The average molecular weight is 455 g/mol. The molecule has 0 fully saturated rings. The highest BCUT2D eigenvalue weighted by Gasteiger charge is 2.39. The smallest absolute Gasteiger partial charge is 0.481 e. The van der Waals surface area contributed by atoms with Gasteiger partial charge in [0.05, 0.1) is 6.42 Å². The standard InChI is InChI=1S/C16H11F5NO7P/c17-10-11(18)13(20)15(14(21)12(10)19)29-30(27,28-7-4-2-1-3-5-7)22-8(16(25)26)6-9(23)24/h1-5,8H,6H2,(H,22,27)(H,23,24)(H,25,26)/t8?,30-/m0/s1. The van der Waals surface area contributed by atoms with Crippen molar-refractivity contribution >= 4 is 19.7 Å². The van der Waals surface area contributed by atoms with E-state index >= 15 is 0 Å². The molecule has 0 aliphatic rings. The first-order valence-electron chi connectivity index (χ1n) is 7.73. The van der Waals surface area contributed by atoms with Gasteiger partial charge in [-0.25, -0.2) is 17.7 Å². The van der Waals surface area contributed by atoms with Crippen molar-refractivity contribution in [2.75, 3.05) is 0 Å². The lowest BCUT2D eigenvalue weighted by Crippen LogP contribution is -2.38. The van der Waals surface area contributed by atoms with Crippen LogP contribution in [0.25, 0.3) is 0 Å². The van der Waals surface area contributed by atoms with Crippen LogP contribution in [0.15, 0.2) is 30.3 Å². The van der Waals surface area contributed by atoms with Crippen molar-refractivity contribution in [1.82, 2.24) is 5.09 Å². The normalized spacial score (nSPS) is 13.9. The molecule has 0 heterocycles. The first-order valence-corrected chi connectivity index (χ1v) is 9.27. The number of benzene rings is 2. The van der Waals surface area contributed by atoms with Gasteiger partial charge in [-0.15, -0.1) is 0 Å². The Balaban J connectivity index is 2.53. The predicted molar refractivity (Wildman–Crippen MR) is 88.3 cm³/mol. The fourth-order valence-corrected chi connectivity index (χ4v) is 3.56. The van der Waals surface area contributed by atoms with Crippen molar-refractivity contribution in [3.8, 4) is 11.5 Å². The Hall–Kier alpha value is -3.18. The van der Waals surface area contributed by atoms with Crippen molar-refractivity contribution in [3.63, 3.8) is 0 Å². The topological polar surface area (TPSA) is 122 Å². The number of aliphatic carboxylic acids is 2. The largest absolute Gasteiger partial charge is 0.513 e. The summed E-state index contributed by atoms with van der Waals surface area (Å²) in [6, 6.07) is 4.25. The van der Waals surface area contributed by atoms with Crippen molar-refractivity contribution in [2.45, 2.75) is 12.5 Å². The Morgan fingerprint density at radius 1 is 0.900 bits per heavy atom. The number of para-hydroxylation sites is 1. The number of rotatable bonds is 9. The Morgan fingerprint density at radius 2 is 1.40 bits per heavy atom. The summed E-state index contributed by atoms with van der Waals surface area (Å²) in [4.78, 5) is 22.0. The molecule has 162 valence electrons. The minimum Gasteiger partial charge on any atom is -0.481 e. The van der Waals surface area contributed by atoms with E-state index in [1.807, 2.05) is 0 Å². The van der Waals surface area contributed by atoms with E-state index in [-0.39, 0.29) is 5.75 Å². The highest BCUT2D eigenvalue weighted by atomic mass is 31.2. The maximum absolute atomic E-state index is 13.9. The Bertz CT molecular complexity index is 992. The molecule has 0 saturated heterocycles. The second kappa shape index (κ2) is 9.09. The molecule has 3 N–H and O–H groups in total. The van der Waals surface area contributed by atoms with E-state index in [9.17, 15) is 36.1 Å². The molecular formula is C16H11F5NO7P. The predicted octanol–water partition coefficient (Wildman–Crippen LogP) is 3.47. The van der Waals surface area contributed by atoms with Gasteiger partial charge in [-0.05, 0) is 12.1 Å². The van der Waals surface area contributed by atoms with Crippen molar-refractivity contribution in [3.05, 3.63) is 59.4 Å². The van der Waals surface area contributed by atoms with E-state index in [1.165, 1.54) is 18.2 Å². The van der Waals surface area contributed by atoms with Crippen LogP contribution in [-0.2, 0) is 14.2 Å². The van der Waals surface area contributed by atoms with Gasteiger partial charge < -0.3 is 19.3 Å². The fraction of sp³-hybridized carbons (Fsp3) is 0.125. The number of hydrogen-bond donors (Lipinski definition) is 3. The molecule has 2 atom stereocenters. The molecule has 0 saturated carbocycles. The van der Waals surface area contributed by atoms with Crippen LogP contribution in [0.2, 0.25) is 0 Å². The summed E-state index contributed by atoms with van der Waals surface area (Å²) in [5.41, 5.74) is 0. The fourth-order valence-electron chi connectivity index (χ4n) is 2.03. The number of carbonyl (C=O) groups is 2. The quantitative estimate of drug-likeness (QED) is 0.228. The molecule has 0 aliphatic carbocycles. The van der Waals surface area contributed by atoms with E-state index in [0.29, 0.717) is 0 Å². The van der Waals surface area contributed by atoms with Gasteiger partial charge in [0.25, 0.3) is 0 Å². The Kier molecular flexibility index (Phi) is 7.00. The summed E-state index contributed by atoms with van der Waals surface area (Å²) in [5, 5.41) is 19.5. The molecule has 0 aromatic heterocycles. The van der Waals surface area contributed by atoms with Crippen LogP contribution in [-0.4, -0.2) is 28.2 Å². The third-order valence-electron chi connectivity index (χ3n) is 3.34. The molecule has 0 aliphatic heterocycles. The molecule has 0 radical (unpaired) electrons. The zero-order valence-corrected chi connectivity index (χ0v) is 15.3. The van der Waals surface area contributed by atoms with Crippen LogP contribution in [0.4, 0.5) is 22.0 Å². The summed E-state index contributed by atoms with van der Waals surface area (Å²) in [6.07, 6.45) is -1.20. The zero-order valence-electron chi connectivity index (χ0n) is 14.4. The first-order chi connectivity index (χ1) is 13.9. The molecule has 2 rings (SSSR count). The molecule has 2 aromatic rings. The summed E-state index contributed by atoms with van der Waals surface area (Å²) in [5.74, 6) is -18.3. The Morgan fingerprint density at radius 3 is 1.87 bits per heavy atom. The van der Waals surface area contributed by atoms with Gasteiger partial charge in [-0.1, -0.05) is 18.2 Å². The second-order valence-corrected chi connectivity index (χ2v) is 7.13. The molecule has 2 aromatic carbocycles. The molecule has 14 heteroatoms. The molecule has 1 unspecified atom stereocenters. The van der Waals surface area contributed by atoms with Gasteiger partial charge >= 0.3 is 19.7 Å². The number of nitrogens with one attached hydrogen (secondary N) is 1. The van der Waals surface area contributed by atoms with Crippen molar-refractivity contribution in [1.29, 1.82) is 0 Å². The summed E-state index contributed by atoms with van der Waals surface area (Å²) < 4.78 is 90.1. The van der Waals surface area contributed by atoms with Crippen molar-refractivity contribution < 1.29 is 55.4 Å². The summed E-state index contributed by atoms with van der Waals surface area (Å²) >= 11 is 0. The molecule has 0 amide bonds. The third-order valence-corrected chi connectivity index (χ3v) is 4.84. The second-order valence-electron chi connectivity index (χ2n) is 5.51. The lowest BCUT2D eigenvalue weighted by Gasteiger charge is -2.23. The highest BCUT2D eigenvalue weighted by Crippen LogP contribution is 2.47. The lowest BCUT2D eigenvalue weighted by atomic mass is 10.2. The minimum absolute atomic E-state index is 0.323. The average Bonchev–Trinajstić information content (AvgIpc) is 2.68. The monoisotopic (exact) mass is 455 g/mol. The third kappa shape index (κ3) is 5.24. The van der Waals surface area contributed by atoms with Gasteiger partial charge in [-0.3, -0.25) is 9.59 Å². The zero-order chi connectivity index (χ0) is 22.6. The van der Waals surface area contributed by atoms with E-state index in [4.69, 9.17) is 14.7 Å². The van der Waals surface area contributed by atoms with E-state index in [2.05, 4.69) is 4.52 Å². The SMILES string of the molecule is O=C(O)CC(N[P@](=O)(Oc1ccccc1)Oc1c(F)c(F)c(F)c(F)c1F)C(=O)O. The minimum atomic E-state index is -5.27. The first kappa shape index (κ1) is 23.1. The van der Waals surface area contributed by atoms with Gasteiger partial charge in [0.15, 0.2) is 0 Å². The number of hydrogen-bond acceptors (Lipinski definition) is 5. The van der Waals surface area contributed by atoms with Crippen LogP contribution >= 0.6 is 7.75 Å². The molecule has 30 heavy (non-hydrogen) atoms. The van der Waals surface area contributed by atoms with Crippen LogP contribution < -0.4 is 14.1 Å². The summed E-state index contributed by atoms with van der Waals surface area (Å²) in [7, 11) is -5.27. The van der Waals surface area contributed by atoms with Gasteiger partial charge in [0.1, 0.15) is 11.8 Å². The van der Waals surface area contributed by atoms with Crippen LogP contribution in [0.1, 0.15) is 6.42 Å². The van der Waals surface area contributed by atoms with E-state index in [1.54, 1.807) is 5.09 Å². The van der Waals surface area contributed by atoms with Crippen LogP contribution in [0, 0.1) is 29.1 Å². The maximum Gasteiger partial charge on any atom is 0.513 e. The van der Waals surface area contributed by atoms with Gasteiger partial charge in [-0.2, -0.15) is 13.9 Å². The van der Waals surface area contributed by atoms with Crippen LogP contribution in [0.5, 0.6) is 11.5 Å². The van der Waals surface area contributed by atoms with Crippen LogP contribution in [0.3, 0.4) is 0 Å². The number of halogens is 5. The molecule has 0 bridgehead atoms. The maximum atomic E-state index is 13.9. The lowest BCUT2D eigenvalue weighted by molar-refractivity contribution is -0.145. The summed E-state index contributed by atoms with van der Waals surface area (Å²) in [6.45, 7) is 0. The van der Waals surface area contributed by atoms with E-state index < -0.39 is 67.0 Å². The number of carboxylic acid groups (broad SMARTS) is 2. The molecular weight excluding hydrogens is 444 g/mol. The highest BCUT2D eigenvalue weighted by molar-refractivity contribution is 7.52. The van der Waals surface area contributed by atoms with Gasteiger partial charge in [0.2, 0.25) is 34.8 Å². The molecule has 8 nitrogen and oxygen atoms in total. The number of carboxylic acids is 2. The Labute approximate surface area is 164 Å².